The zero-order valence-corrected chi connectivity index (χ0v) is 17.8. The molecule has 1 fully saturated rings. The second-order valence-corrected chi connectivity index (χ2v) is 8.05. The summed E-state index contributed by atoms with van der Waals surface area (Å²) in [5, 5.41) is 4.09. The summed E-state index contributed by atoms with van der Waals surface area (Å²) in [6, 6.07) is 10.6. The van der Waals surface area contributed by atoms with Gasteiger partial charge in [0.15, 0.2) is 0 Å². The summed E-state index contributed by atoms with van der Waals surface area (Å²) in [6.07, 6.45) is 3.40. The molecule has 31 heavy (non-hydrogen) atoms. The quantitative estimate of drug-likeness (QED) is 0.576. The fourth-order valence-electron chi connectivity index (χ4n) is 3.94. The van der Waals surface area contributed by atoms with Crippen LogP contribution in [0.1, 0.15) is 31.4 Å². The van der Waals surface area contributed by atoms with E-state index >= 15 is 0 Å². The van der Waals surface area contributed by atoms with Crippen molar-refractivity contribution in [1.29, 1.82) is 0 Å². The molecular formula is C23H23ClFN3O3. The van der Waals surface area contributed by atoms with Crippen molar-refractivity contribution in [2.45, 2.75) is 31.9 Å². The van der Waals surface area contributed by atoms with Crippen molar-refractivity contribution >= 4 is 34.1 Å². The first-order chi connectivity index (χ1) is 14.9. The average molecular weight is 444 g/mol. The Morgan fingerprint density at radius 3 is 2.81 bits per heavy atom. The Morgan fingerprint density at radius 2 is 2.10 bits per heavy atom. The van der Waals surface area contributed by atoms with Crippen LogP contribution >= 0.6 is 11.6 Å². The van der Waals surface area contributed by atoms with E-state index in [9.17, 15) is 14.0 Å². The van der Waals surface area contributed by atoms with Gasteiger partial charge in [0.25, 0.3) is 5.56 Å². The maximum atomic E-state index is 13.5. The summed E-state index contributed by atoms with van der Waals surface area (Å²) in [5.41, 5.74) is 1.04. The minimum Gasteiger partial charge on any atom is -0.376 e. The molecule has 2 atom stereocenters. The number of H-pyrrole nitrogens is 1. The lowest BCUT2D eigenvalue weighted by molar-refractivity contribution is 0.0743. The Morgan fingerprint density at radius 1 is 1.32 bits per heavy atom. The lowest BCUT2D eigenvalue weighted by Crippen LogP contribution is -2.42. The van der Waals surface area contributed by atoms with Gasteiger partial charge in [-0.2, -0.15) is 0 Å². The van der Waals surface area contributed by atoms with Crippen LogP contribution in [0, 0.1) is 5.82 Å². The second kappa shape index (κ2) is 9.08. The number of aromatic amines is 1. The van der Waals surface area contributed by atoms with Crippen molar-refractivity contribution < 1.29 is 13.9 Å². The van der Waals surface area contributed by atoms with Gasteiger partial charge in [-0.25, -0.2) is 9.18 Å². The number of hydrogen-bond acceptors (Lipinski definition) is 3. The maximum absolute atomic E-state index is 13.5. The highest BCUT2D eigenvalue weighted by Gasteiger charge is 2.28. The zero-order chi connectivity index (χ0) is 22.0. The molecule has 1 unspecified atom stereocenters. The SMILES string of the molecule is CC(c1c[nH]c(=O)c2ccccc12)N(C[C@@H]1CCCO1)C(=O)Nc1ccc(F)c(Cl)c1. The monoisotopic (exact) mass is 443 g/mol. The summed E-state index contributed by atoms with van der Waals surface area (Å²) in [6.45, 7) is 2.96. The van der Waals surface area contributed by atoms with Crippen LogP contribution in [0.2, 0.25) is 5.02 Å². The topological polar surface area (TPSA) is 74.4 Å². The van der Waals surface area contributed by atoms with E-state index in [1.165, 1.54) is 18.2 Å². The number of nitrogens with one attached hydrogen (secondary N) is 2. The number of benzene rings is 2. The number of amides is 2. The lowest BCUT2D eigenvalue weighted by atomic mass is 10.0. The van der Waals surface area contributed by atoms with Crippen LogP contribution in [0.25, 0.3) is 10.8 Å². The molecule has 2 heterocycles. The Hall–Kier alpha value is -2.90. The summed E-state index contributed by atoms with van der Waals surface area (Å²) in [4.78, 5) is 29.9. The molecule has 0 saturated carbocycles. The van der Waals surface area contributed by atoms with Gasteiger partial charge in [-0.15, -0.1) is 0 Å². The molecule has 3 aromatic rings. The average Bonchev–Trinajstić information content (AvgIpc) is 3.28. The molecule has 8 heteroatoms. The van der Waals surface area contributed by atoms with Gasteiger partial charge in [-0.05, 0) is 55.0 Å². The highest BCUT2D eigenvalue weighted by molar-refractivity contribution is 6.31. The summed E-state index contributed by atoms with van der Waals surface area (Å²) in [5.74, 6) is -0.552. The molecule has 2 amide bonds. The number of hydrogen-bond donors (Lipinski definition) is 2. The largest absolute Gasteiger partial charge is 0.376 e. The molecule has 0 radical (unpaired) electrons. The Labute approximate surface area is 184 Å². The molecule has 162 valence electrons. The van der Waals surface area contributed by atoms with Crippen molar-refractivity contribution in [1.82, 2.24) is 9.88 Å². The molecule has 0 spiro atoms. The van der Waals surface area contributed by atoms with Gasteiger partial charge >= 0.3 is 6.03 Å². The van der Waals surface area contributed by atoms with Gasteiger partial charge in [0, 0.05) is 30.4 Å². The molecule has 4 rings (SSSR count). The van der Waals surface area contributed by atoms with E-state index in [1.807, 2.05) is 19.1 Å². The van der Waals surface area contributed by atoms with Crippen molar-refractivity contribution in [2.24, 2.45) is 0 Å². The van der Waals surface area contributed by atoms with Crippen LogP contribution in [0.15, 0.2) is 53.5 Å². The van der Waals surface area contributed by atoms with Crippen LogP contribution in [0.4, 0.5) is 14.9 Å². The minimum absolute atomic E-state index is 0.0665. The van der Waals surface area contributed by atoms with E-state index < -0.39 is 5.82 Å². The lowest BCUT2D eigenvalue weighted by Gasteiger charge is -2.32. The predicted molar refractivity (Wildman–Crippen MR) is 119 cm³/mol. The van der Waals surface area contributed by atoms with E-state index in [-0.39, 0.29) is 28.8 Å². The first-order valence-electron chi connectivity index (χ1n) is 10.2. The van der Waals surface area contributed by atoms with Crippen molar-refractivity contribution in [3.8, 4) is 0 Å². The van der Waals surface area contributed by atoms with Gasteiger partial charge < -0.3 is 19.9 Å². The van der Waals surface area contributed by atoms with Crippen molar-refractivity contribution in [3.63, 3.8) is 0 Å². The van der Waals surface area contributed by atoms with E-state index in [2.05, 4.69) is 10.3 Å². The van der Waals surface area contributed by atoms with E-state index in [0.29, 0.717) is 24.2 Å². The molecule has 6 nitrogen and oxygen atoms in total. The molecule has 1 aliphatic rings. The molecule has 2 N–H and O–H groups in total. The fraction of sp³-hybridized carbons (Fsp3) is 0.304. The summed E-state index contributed by atoms with van der Waals surface area (Å²) >= 11 is 5.86. The van der Waals surface area contributed by atoms with E-state index in [1.54, 1.807) is 23.2 Å². The molecule has 1 aliphatic heterocycles. The molecule has 1 aromatic heterocycles. The van der Waals surface area contributed by atoms with Gasteiger partial charge in [0.05, 0.1) is 17.2 Å². The predicted octanol–water partition coefficient (Wildman–Crippen LogP) is 5.09. The summed E-state index contributed by atoms with van der Waals surface area (Å²) < 4.78 is 19.3. The third-order valence-electron chi connectivity index (χ3n) is 5.62. The Kier molecular flexibility index (Phi) is 6.25. The normalized spacial score (nSPS) is 16.9. The number of carbonyl (C=O) groups is 1. The molecule has 2 aromatic carbocycles. The minimum atomic E-state index is -0.552. The van der Waals surface area contributed by atoms with Gasteiger partial charge in [-0.1, -0.05) is 29.8 Å². The van der Waals surface area contributed by atoms with Gasteiger partial charge in [-0.3, -0.25) is 4.79 Å². The van der Waals surface area contributed by atoms with Crippen LogP contribution < -0.4 is 10.9 Å². The van der Waals surface area contributed by atoms with Crippen molar-refractivity contribution in [2.75, 3.05) is 18.5 Å². The number of urea groups is 1. The molecule has 0 bridgehead atoms. The number of pyridine rings is 1. The number of anilines is 1. The highest BCUT2D eigenvalue weighted by Crippen LogP contribution is 2.29. The molecular weight excluding hydrogens is 421 g/mol. The first-order valence-corrected chi connectivity index (χ1v) is 10.6. The van der Waals surface area contributed by atoms with Gasteiger partial charge in [0.2, 0.25) is 0 Å². The van der Waals surface area contributed by atoms with E-state index in [4.69, 9.17) is 16.3 Å². The van der Waals surface area contributed by atoms with Crippen LogP contribution in [0.3, 0.4) is 0 Å². The third kappa shape index (κ3) is 4.57. The number of halogens is 2. The Balaban J connectivity index is 1.67. The summed E-state index contributed by atoms with van der Waals surface area (Å²) in [7, 11) is 0. The molecule has 0 aliphatic carbocycles. The number of rotatable bonds is 5. The number of aromatic nitrogens is 1. The number of carbonyl (C=O) groups excluding carboxylic acids is 1. The second-order valence-electron chi connectivity index (χ2n) is 7.64. The van der Waals surface area contributed by atoms with Crippen molar-refractivity contribution in [3.05, 3.63) is 75.4 Å². The van der Waals surface area contributed by atoms with E-state index in [0.717, 1.165) is 23.8 Å². The van der Waals surface area contributed by atoms with Crippen LogP contribution in [-0.2, 0) is 4.74 Å². The smallest absolute Gasteiger partial charge is 0.322 e. The third-order valence-corrected chi connectivity index (χ3v) is 5.90. The number of fused-ring (bicyclic) bond motifs is 1. The zero-order valence-electron chi connectivity index (χ0n) is 17.0. The number of nitrogens with zero attached hydrogens (tertiary/aromatic N) is 1. The van der Waals surface area contributed by atoms with Crippen LogP contribution in [-0.4, -0.2) is 35.2 Å². The number of ether oxygens (including phenoxy) is 1. The van der Waals surface area contributed by atoms with Crippen LogP contribution in [0.5, 0.6) is 0 Å². The van der Waals surface area contributed by atoms with Gasteiger partial charge in [0.1, 0.15) is 5.82 Å². The molecule has 1 saturated heterocycles. The Bertz CT molecular complexity index is 1160. The highest BCUT2D eigenvalue weighted by atomic mass is 35.5. The fourth-order valence-corrected chi connectivity index (χ4v) is 4.12. The maximum Gasteiger partial charge on any atom is 0.322 e. The first kappa shape index (κ1) is 21.3. The standard InChI is InChI=1S/C23H23ClFN3O3/c1-14(19-12-26-22(29)18-7-3-2-6-17(18)19)28(13-16-5-4-10-31-16)23(30)27-15-8-9-21(25)20(24)11-15/h2-3,6-9,11-12,14,16H,4-5,10,13H2,1H3,(H,26,29)(H,27,30)/t14?,16-/m0/s1.